The van der Waals surface area contributed by atoms with Gasteiger partial charge >= 0.3 is 12.1 Å². The van der Waals surface area contributed by atoms with Crippen molar-refractivity contribution in [3.05, 3.63) is 87.2 Å². The SMILES string of the molecule is C[C@H](N)C(=O)OCOC(=O)N(c1cc(Cl)c2ncc(C#N)c(NCC(C)(C)C)c2c1)[C@H](c1cn(C23CC(C2)C3)nn1)c1cccc2c(=O)n(C)ccc12. The van der Waals surface area contributed by atoms with Crippen LogP contribution < -0.4 is 21.5 Å². The number of esters is 1. The standard InChI is InChI=1S/C38H40ClN9O5/c1-21(41)35(50)52-20-53-36(51)48(24-11-28-31(43-19-37(2,3)4)23(16-40)17-42-32(28)29(39)12-24)33(30-18-47(45-44-30)38-13-22(14-38)15-38)26-7-6-8-27-25(26)9-10-46(5)34(27)49/h6-12,17-18,21-22,33H,13-15,19-20,41H2,1-5H3,(H,42,43)/t21-,22?,33-,38?/m0/s1. The fourth-order valence-electron chi connectivity index (χ4n) is 7.13. The molecule has 0 aliphatic heterocycles. The van der Waals surface area contributed by atoms with E-state index in [9.17, 15) is 19.6 Å². The predicted molar refractivity (Wildman–Crippen MR) is 199 cm³/mol. The van der Waals surface area contributed by atoms with Crippen LogP contribution in [0.15, 0.2) is 59.8 Å². The third kappa shape index (κ3) is 6.55. The van der Waals surface area contributed by atoms with Crippen molar-refractivity contribution < 1.29 is 19.1 Å². The van der Waals surface area contributed by atoms with Crippen LogP contribution in [0.5, 0.6) is 0 Å². The van der Waals surface area contributed by atoms with Gasteiger partial charge in [-0.05, 0) is 72.7 Å². The molecule has 3 N–H and O–H groups in total. The third-order valence-electron chi connectivity index (χ3n) is 10.0. The lowest BCUT2D eigenvalue weighted by molar-refractivity contribution is -0.152. The Morgan fingerprint density at radius 3 is 2.58 bits per heavy atom. The van der Waals surface area contributed by atoms with Crippen LogP contribution in [0.4, 0.5) is 16.2 Å². The highest BCUT2D eigenvalue weighted by Gasteiger charge is 2.59. The molecule has 14 nitrogen and oxygen atoms in total. The predicted octanol–water partition coefficient (Wildman–Crippen LogP) is 5.75. The first kappa shape index (κ1) is 35.9. The molecule has 0 unspecified atom stereocenters. The fraction of sp³-hybridized carbons (Fsp3) is 0.395. The normalized spacial score (nSPS) is 18.7. The molecule has 8 rings (SSSR count). The quantitative estimate of drug-likeness (QED) is 0.131. The van der Waals surface area contributed by atoms with Crippen molar-refractivity contribution in [3.63, 3.8) is 0 Å². The first-order valence-corrected chi connectivity index (χ1v) is 17.7. The summed E-state index contributed by atoms with van der Waals surface area (Å²) in [5, 5.41) is 24.4. The van der Waals surface area contributed by atoms with Crippen molar-refractivity contribution in [1.82, 2.24) is 24.5 Å². The molecule has 2 bridgehead atoms. The van der Waals surface area contributed by atoms with Gasteiger partial charge in [0.1, 0.15) is 23.8 Å². The maximum absolute atomic E-state index is 14.6. The third-order valence-corrected chi connectivity index (χ3v) is 10.3. The van der Waals surface area contributed by atoms with E-state index in [4.69, 9.17) is 26.8 Å². The Kier molecular flexibility index (Phi) is 9.12. The second-order valence-corrected chi connectivity index (χ2v) is 15.7. The van der Waals surface area contributed by atoms with Crippen LogP contribution in [0.2, 0.25) is 5.02 Å². The van der Waals surface area contributed by atoms with Gasteiger partial charge in [-0.25, -0.2) is 9.48 Å². The summed E-state index contributed by atoms with van der Waals surface area (Å²) in [6.07, 6.45) is 7.04. The molecule has 3 fully saturated rings. The Labute approximate surface area is 310 Å². The summed E-state index contributed by atoms with van der Waals surface area (Å²) < 4.78 is 14.1. The van der Waals surface area contributed by atoms with Crippen LogP contribution in [0.1, 0.15) is 69.8 Å². The number of benzene rings is 2. The highest BCUT2D eigenvalue weighted by molar-refractivity contribution is 6.36. The molecule has 53 heavy (non-hydrogen) atoms. The number of aromatic nitrogens is 5. The van der Waals surface area contributed by atoms with Crippen LogP contribution in [0, 0.1) is 22.7 Å². The molecule has 0 saturated heterocycles. The summed E-state index contributed by atoms with van der Waals surface area (Å²) in [4.78, 5) is 46.0. The van der Waals surface area contributed by atoms with Gasteiger partial charge in [-0.2, -0.15) is 5.26 Å². The van der Waals surface area contributed by atoms with Crippen molar-refractivity contribution in [1.29, 1.82) is 5.26 Å². The van der Waals surface area contributed by atoms with E-state index >= 15 is 0 Å². The van der Waals surface area contributed by atoms with Gasteiger partial charge in [-0.1, -0.05) is 49.7 Å². The Bertz CT molecular complexity index is 2360. The van der Waals surface area contributed by atoms with Crippen LogP contribution in [0.25, 0.3) is 21.7 Å². The van der Waals surface area contributed by atoms with E-state index < -0.39 is 30.9 Å². The van der Waals surface area contributed by atoms with Crippen molar-refractivity contribution in [2.75, 3.05) is 23.6 Å². The second-order valence-electron chi connectivity index (χ2n) is 15.3. The van der Waals surface area contributed by atoms with E-state index in [-0.39, 0.29) is 32.8 Å². The molecule has 2 atom stereocenters. The molecule has 3 aliphatic carbocycles. The van der Waals surface area contributed by atoms with E-state index in [0.29, 0.717) is 51.1 Å². The van der Waals surface area contributed by atoms with E-state index in [1.165, 1.54) is 22.6 Å². The van der Waals surface area contributed by atoms with Crippen LogP contribution >= 0.6 is 11.6 Å². The van der Waals surface area contributed by atoms with Crippen molar-refractivity contribution >= 4 is 56.7 Å². The zero-order valence-electron chi connectivity index (χ0n) is 30.1. The molecule has 0 radical (unpaired) electrons. The van der Waals surface area contributed by atoms with E-state index in [2.05, 4.69) is 47.5 Å². The highest BCUT2D eigenvalue weighted by atomic mass is 35.5. The molecule has 274 valence electrons. The lowest BCUT2D eigenvalue weighted by Crippen LogP contribution is -2.59. The lowest BCUT2D eigenvalue weighted by Gasteiger charge is -2.61. The summed E-state index contributed by atoms with van der Waals surface area (Å²) in [5.74, 6) is -0.0865. The molecule has 0 spiro atoms. The first-order chi connectivity index (χ1) is 25.2. The summed E-state index contributed by atoms with van der Waals surface area (Å²) in [6.45, 7) is 7.43. The average molecular weight is 738 g/mol. The number of carbonyl (C=O) groups excluding carboxylic acids is 2. The van der Waals surface area contributed by atoms with Gasteiger partial charge in [0.15, 0.2) is 0 Å². The number of aryl methyl sites for hydroxylation is 1. The highest BCUT2D eigenvalue weighted by Crippen LogP contribution is 2.62. The number of anilines is 2. The van der Waals surface area contributed by atoms with E-state index in [0.717, 1.165) is 19.3 Å². The molecule has 2 aromatic carbocycles. The number of nitrogens with one attached hydrogen (secondary N) is 1. The van der Waals surface area contributed by atoms with Gasteiger partial charge in [-0.3, -0.25) is 19.5 Å². The van der Waals surface area contributed by atoms with Gasteiger partial charge in [-0.15, -0.1) is 5.10 Å². The zero-order chi connectivity index (χ0) is 37.8. The number of amides is 1. The zero-order valence-corrected chi connectivity index (χ0v) is 30.8. The minimum absolute atomic E-state index is 0.118. The number of nitrogens with two attached hydrogens (primary N) is 1. The molecule has 3 heterocycles. The molecular formula is C38H40ClN9O5. The Morgan fingerprint density at radius 1 is 1.17 bits per heavy atom. The number of hydrogen-bond acceptors (Lipinski definition) is 11. The number of ether oxygens (including phenoxy) is 2. The second kappa shape index (κ2) is 13.5. The van der Waals surface area contributed by atoms with Gasteiger partial charge < -0.3 is 25.1 Å². The lowest BCUT2D eigenvalue weighted by atomic mass is 9.50. The number of rotatable bonds is 10. The smallest absolute Gasteiger partial charge is 0.418 e. The topological polar surface area (TPSA) is 183 Å². The fourth-order valence-corrected chi connectivity index (χ4v) is 7.39. The molecule has 15 heteroatoms. The molecule has 3 aliphatic rings. The van der Waals surface area contributed by atoms with Crippen LogP contribution in [0.3, 0.4) is 0 Å². The molecule has 5 aromatic rings. The molecular weight excluding hydrogens is 698 g/mol. The summed E-state index contributed by atoms with van der Waals surface area (Å²) >= 11 is 6.96. The molecule has 1 amide bonds. The molecule has 3 saturated carbocycles. The maximum Gasteiger partial charge on any atom is 0.418 e. The summed E-state index contributed by atoms with van der Waals surface area (Å²) in [6, 6.07) is 10.6. The number of nitrogens with zero attached hydrogens (tertiary/aromatic N) is 7. The summed E-state index contributed by atoms with van der Waals surface area (Å²) in [5.41, 5.74) is 7.58. The van der Waals surface area contributed by atoms with Crippen molar-refractivity contribution in [2.24, 2.45) is 24.1 Å². The monoisotopic (exact) mass is 737 g/mol. The van der Waals surface area contributed by atoms with Crippen LogP contribution in [-0.4, -0.2) is 56.0 Å². The molecule has 3 aromatic heterocycles. The van der Waals surface area contributed by atoms with E-state index in [1.807, 2.05) is 23.0 Å². The van der Waals surface area contributed by atoms with Gasteiger partial charge in [0.25, 0.3) is 5.56 Å². The number of fused-ring (bicyclic) bond motifs is 2. The number of pyridine rings is 2. The Morgan fingerprint density at radius 2 is 1.92 bits per heavy atom. The Hall–Kier alpha value is -5.52. The summed E-state index contributed by atoms with van der Waals surface area (Å²) in [7, 11) is 1.67. The average Bonchev–Trinajstić information content (AvgIpc) is 3.54. The van der Waals surface area contributed by atoms with Crippen molar-refractivity contribution in [2.45, 2.75) is 64.6 Å². The van der Waals surface area contributed by atoms with Crippen molar-refractivity contribution in [3.8, 4) is 6.07 Å². The van der Waals surface area contributed by atoms with Gasteiger partial charge in [0, 0.05) is 36.8 Å². The first-order valence-electron chi connectivity index (χ1n) is 17.3. The Balaban J connectivity index is 1.45. The maximum atomic E-state index is 14.6. The number of carbonyl (C=O) groups is 2. The minimum atomic E-state index is -1.03. The number of halogens is 1. The van der Waals surface area contributed by atoms with Gasteiger partial charge in [0.2, 0.25) is 6.79 Å². The minimum Gasteiger partial charge on any atom is -0.427 e. The number of nitriles is 1. The van der Waals surface area contributed by atoms with Crippen LogP contribution in [-0.2, 0) is 26.9 Å². The van der Waals surface area contributed by atoms with E-state index in [1.54, 1.807) is 37.5 Å². The largest absolute Gasteiger partial charge is 0.427 e. The number of hydrogen-bond donors (Lipinski definition) is 2. The van der Waals surface area contributed by atoms with Gasteiger partial charge in [0.05, 0.1) is 39.2 Å².